The quantitative estimate of drug-likeness (QED) is 0.801. The smallest absolute Gasteiger partial charge is 0.367 e. The monoisotopic (exact) mass is 367 g/mol. The van der Waals surface area contributed by atoms with E-state index < -0.39 is 29.2 Å². The van der Waals surface area contributed by atoms with E-state index in [1.54, 1.807) is 0 Å². The number of hydrogen-bond acceptors (Lipinski definition) is 3. The van der Waals surface area contributed by atoms with Gasteiger partial charge in [-0.2, -0.15) is 13.2 Å². The second-order valence-corrected chi connectivity index (χ2v) is 5.94. The Bertz CT molecular complexity index is 668. The molecule has 24 heavy (non-hydrogen) atoms. The molecule has 1 fully saturated rings. The van der Waals surface area contributed by atoms with Gasteiger partial charge in [0.05, 0.1) is 22.8 Å². The number of halogens is 5. The summed E-state index contributed by atoms with van der Waals surface area (Å²) >= 11 is 5.78. The number of benzene rings is 1. The van der Waals surface area contributed by atoms with Crippen LogP contribution in [0.15, 0.2) is 18.2 Å². The first-order valence-corrected chi connectivity index (χ1v) is 7.27. The third-order valence-corrected chi connectivity index (χ3v) is 4.00. The van der Waals surface area contributed by atoms with Gasteiger partial charge in [-0.3, -0.25) is 14.5 Å². The van der Waals surface area contributed by atoms with Crippen LogP contribution in [0.5, 0.6) is 0 Å². The minimum atomic E-state index is -4.58. The lowest BCUT2D eigenvalue weighted by molar-refractivity contribution is -0.137. The molecule has 0 aromatic heterocycles. The van der Waals surface area contributed by atoms with Crippen molar-refractivity contribution in [1.29, 1.82) is 0 Å². The van der Waals surface area contributed by atoms with Crippen LogP contribution in [-0.4, -0.2) is 42.0 Å². The van der Waals surface area contributed by atoms with Crippen molar-refractivity contribution in [3.05, 3.63) is 28.8 Å². The predicted octanol–water partition coefficient (Wildman–Crippen LogP) is 2.20. The maximum absolute atomic E-state index is 14.0. The van der Waals surface area contributed by atoms with Gasteiger partial charge in [-0.15, -0.1) is 0 Å². The van der Waals surface area contributed by atoms with Crippen LogP contribution in [0.25, 0.3) is 0 Å². The molecule has 1 heterocycles. The van der Waals surface area contributed by atoms with E-state index >= 15 is 0 Å². The molecule has 10 heteroatoms. The molecule has 0 radical (unpaired) electrons. The van der Waals surface area contributed by atoms with Gasteiger partial charge in [0, 0.05) is 19.5 Å². The number of nitrogens with zero attached hydrogens (tertiary/aromatic N) is 1. The summed E-state index contributed by atoms with van der Waals surface area (Å²) < 4.78 is 52.0. The average Bonchev–Trinajstić information content (AvgIpc) is 2.82. The number of carbonyl (C=O) groups excluding carboxylic acids is 2. The molecular weight excluding hydrogens is 354 g/mol. The van der Waals surface area contributed by atoms with Gasteiger partial charge in [0.1, 0.15) is 0 Å². The van der Waals surface area contributed by atoms with Crippen LogP contribution >= 0.6 is 11.6 Å². The number of rotatable bonds is 4. The SMILES string of the molecule is NC(=O)C1(F)CCN(CC(=O)Nc2cc(C(F)(F)F)ccc2Cl)C1. The zero-order valence-electron chi connectivity index (χ0n) is 12.3. The first kappa shape index (κ1) is 18.5. The lowest BCUT2D eigenvalue weighted by Gasteiger charge is -2.18. The Morgan fingerprint density at radius 3 is 2.58 bits per heavy atom. The fourth-order valence-electron chi connectivity index (χ4n) is 2.37. The molecular formula is C14H14ClF4N3O2. The standard InChI is InChI=1S/C14H14ClF4N3O2/c15-9-2-1-8(14(17,18)19)5-10(9)21-11(23)6-22-4-3-13(16,7-22)12(20)24/h1-2,5H,3-4,6-7H2,(H2,20,24)(H,21,23). The van der Waals surface area contributed by atoms with Gasteiger partial charge in [-0.05, 0) is 18.2 Å². The average molecular weight is 368 g/mol. The normalized spacial score (nSPS) is 21.7. The first-order valence-electron chi connectivity index (χ1n) is 6.89. The number of nitrogens with one attached hydrogen (secondary N) is 1. The van der Waals surface area contributed by atoms with Crippen LogP contribution in [0.4, 0.5) is 23.2 Å². The van der Waals surface area contributed by atoms with Gasteiger partial charge < -0.3 is 11.1 Å². The lowest BCUT2D eigenvalue weighted by Crippen LogP contribution is -2.43. The fraction of sp³-hybridized carbons (Fsp3) is 0.429. The van der Waals surface area contributed by atoms with Crippen molar-refractivity contribution in [1.82, 2.24) is 4.90 Å². The van der Waals surface area contributed by atoms with Crippen molar-refractivity contribution in [2.45, 2.75) is 18.3 Å². The molecule has 5 nitrogen and oxygen atoms in total. The van der Waals surface area contributed by atoms with E-state index in [-0.39, 0.29) is 36.8 Å². The number of primary amides is 1. The summed E-state index contributed by atoms with van der Waals surface area (Å²) in [5.41, 5.74) is 1.60. The van der Waals surface area contributed by atoms with E-state index in [1.807, 2.05) is 0 Å². The zero-order valence-corrected chi connectivity index (χ0v) is 13.0. The van der Waals surface area contributed by atoms with Crippen molar-refractivity contribution in [3.8, 4) is 0 Å². The second kappa shape index (κ2) is 6.56. The number of nitrogens with two attached hydrogens (primary N) is 1. The van der Waals surface area contributed by atoms with Crippen molar-refractivity contribution >= 4 is 29.1 Å². The Hall–Kier alpha value is -1.87. The molecule has 2 rings (SSSR count). The molecule has 1 unspecified atom stereocenters. The third kappa shape index (κ3) is 4.15. The maximum atomic E-state index is 14.0. The van der Waals surface area contributed by atoms with E-state index in [2.05, 4.69) is 5.32 Å². The highest BCUT2D eigenvalue weighted by molar-refractivity contribution is 6.33. The molecule has 0 aliphatic carbocycles. The predicted molar refractivity (Wildman–Crippen MR) is 79.2 cm³/mol. The minimum absolute atomic E-state index is 0.0604. The summed E-state index contributed by atoms with van der Waals surface area (Å²) in [6, 6.07) is 2.53. The molecule has 132 valence electrons. The number of hydrogen-bond donors (Lipinski definition) is 2. The summed E-state index contributed by atoms with van der Waals surface area (Å²) in [5, 5.41) is 2.19. The van der Waals surface area contributed by atoms with Crippen LogP contribution in [0, 0.1) is 0 Å². The van der Waals surface area contributed by atoms with E-state index in [1.165, 1.54) is 4.90 Å². The molecule has 0 bridgehead atoms. The summed E-state index contributed by atoms with van der Waals surface area (Å²) in [6.07, 6.45) is -4.71. The van der Waals surface area contributed by atoms with E-state index in [0.29, 0.717) is 6.07 Å². The fourth-order valence-corrected chi connectivity index (χ4v) is 2.54. The van der Waals surface area contributed by atoms with E-state index in [9.17, 15) is 27.2 Å². The molecule has 0 spiro atoms. The molecule has 3 N–H and O–H groups in total. The van der Waals surface area contributed by atoms with Crippen molar-refractivity contribution < 1.29 is 27.2 Å². The maximum Gasteiger partial charge on any atom is 0.416 e. The molecule has 1 aliphatic heterocycles. The molecule has 1 aromatic carbocycles. The van der Waals surface area contributed by atoms with Crippen LogP contribution in [-0.2, 0) is 15.8 Å². The van der Waals surface area contributed by atoms with E-state index in [4.69, 9.17) is 17.3 Å². The summed E-state index contributed by atoms with van der Waals surface area (Å²) in [4.78, 5) is 24.3. The van der Waals surface area contributed by atoms with Crippen molar-refractivity contribution in [3.63, 3.8) is 0 Å². The summed E-state index contributed by atoms with van der Waals surface area (Å²) in [6.45, 7) is -0.513. The number of carbonyl (C=O) groups is 2. The van der Waals surface area contributed by atoms with Crippen LogP contribution in [0.2, 0.25) is 5.02 Å². The van der Waals surface area contributed by atoms with Gasteiger partial charge in [0.15, 0.2) is 0 Å². The topological polar surface area (TPSA) is 75.4 Å². The van der Waals surface area contributed by atoms with Gasteiger partial charge in [0.2, 0.25) is 11.6 Å². The van der Waals surface area contributed by atoms with Gasteiger partial charge in [-0.25, -0.2) is 4.39 Å². The Morgan fingerprint density at radius 1 is 1.38 bits per heavy atom. The molecule has 0 saturated carbocycles. The molecule has 1 saturated heterocycles. The number of anilines is 1. The Kier molecular flexibility index (Phi) is 5.05. The molecule has 1 aliphatic rings. The third-order valence-electron chi connectivity index (χ3n) is 3.68. The molecule has 2 amide bonds. The number of alkyl halides is 4. The highest BCUT2D eigenvalue weighted by Gasteiger charge is 2.44. The number of likely N-dealkylation sites (tertiary alicyclic amines) is 1. The van der Waals surface area contributed by atoms with Crippen LogP contribution < -0.4 is 11.1 Å². The Labute approximate surface area is 139 Å². The van der Waals surface area contributed by atoms with Crippen molar-refractivity contribution in [2.75, 3.05) is 25.0 Å². The minimum Gasteiger partial charge on any atom is -0.367 e. The lowest BCUT2D eigenvalue weighted by atomic mass is 10.1. The van der Waals surface area contributed by atoms with Gasteiger partial charge >= 0.3 is 6.18 Å². The highest BCUT2D eigenvalue weighted by Crippen LogP contribution is 2.34. The first-order chi connectivity index (χ1) is 11.0. The second-order valence-electron chi connectivity index (χ2n) is 5.53. The summed E-state index contributed by atoms with van der Waals surface area (Å²) in [7, 11) is 0. The van der Waals surface area contributed by atoms with Gasteiger partial charge in [0.25, 0.3) is 5.91 Å². The largest absolute Gasteiger partial charge is 0.416 e. The molecule has 1 atom stereocenters. The van der Waals surface area contributed by atoms with Gasteiger partial charge in [-0.1, -0.05) is 11.6 Å². The van der Waals surface area contributed by atoms with Crippen molar-refractivity contribution in [2.24, 2.45) is 5.73 Å². The van der Waals surface area contributed by atoms with Crippen LogP contribution in [0.3, 0.4) is 0 Å². The number of amides is 2. The van der Waals surface area contributed by atoms with E-state index in [0.717, 1.165) is 12.1 Å². The van der Waals surface area contributed by atoms with Crippen LogP contribution in [0.1, 0.15) is 12.0 Å². The summed E-state index contributed by atoms with van der Waals surface area (Å²) in [5.74, 6) is -1.78. The Morgan fingerprint density at radius 2 is 2.04 bits per heavy atom. The highest BCUT2D eigenvalue weighted by atomic mass is 35.5. The zero-order chi connectivity index (χ0) is 18.1. The Balaban J connectivity index is 2.02. The molecule has 1 aromatic rings.